The van der Waals surface area contributed by atoms with Crippen LogP contribution in [0.5, 0.6) is 0 Å². The Morgan fingerprint density at radius 1 is 1.26 bits per heavy atom. The van der Waals surface area contributed by atoms with Gasteiger partial charge < -0.3 is 15.3 Å². The van der Waals surface area contributed by atoms with E-state index in [-0.39, 0.29) is 6.03 Å². The molecule has 0 aromatic heterocycles. The lowest BCUT2D eigenvalue weighted by molar-refractivity contribution is -0.143. The standard InChI is InChI=1S/C14H24N2O3/c1-10-4-2-5-11(10)8-15-14(19)16-7-3-6-12(9-16)13(17)18/h10-12H,2-9H2,1H3,(H,15,19)(H,17,18). The Bertz CT molecular complexity index is 346. The van der Waals surface area contributed by atoms with E-state index in [1.54, 1.807) is 4.90 Å². The van der Waals surface area contributed by atoms with E-state index < -0.39 is 11.9 Å². The Labute approximate surface area is 114 Å². The first-order valence-electron chi connectivity index (χ1n) is 7.33. The predicted molar refractivity (Wildman–Crippen MR) is 71.8 cm³/mol. The molecular formula is C14H24N2O3. The van der Waals surface area contributed by atoms with Crippen molar-refractivity contribution in [2.45, 2.75) is 39.0 Å². The molecule has 5 heteroatoms. The van der Waals surface area contributed by atoms with Crippen molar-refractivity contribution >= 4 is 12.0 Å². The highest BCUT2D eigenvalue weighted by molar-refractivity contribution is 5.76. The van der Waals surface area contributed by atoms with Crippen LogP contribution in [-0.2, 0) is 4.79 Å². The van der Waals surface area contributed by atoms with Gasteiger partial charge in [0, 0.05) is 19.6 Å². The lowest BCUT2D eigenvalue weighted by Crippen LogP contribution is -2.48. The number of likely N-dealkylation sites (tertiary alicyclic amines) is 1. The van der Waals surface area contributed by atoms with Gasteiger partial charge in [0.25, 0.3) is 0 Å². The quantitative estimate of drug-likeness (QED) is 0.821. The molecule has 2 amide bonds. The van der Waals surface area contributed by atoms with Gasteiger partial charge in [-0.3, -0.25) is 4.79 Å². The van der Waals surface area contributed by atoms with Gasteiger partial charge in [0.05, 0.1) is 5.92 Å². The van der Waals surface area contributed by atoms with E-state index >= 15 is 0 Å². The smallest absolute Gasteiger partial charge is 0.317 e. The van der Waals surface area contributed by atoms with Gasteiger partial charge in [-0.1, -0.05) is 19.8 Å². The molecule has 2 N–H and O–H groups in total. The lowest BCUT2D eigenvalue weighted by atomic mass is 9.98. The lowest BCUT2D eigenvalue weighted by Gasteiger charge is -2.31. The van der Waals surface area contributed by atoms with Crippen LogP contribution in [0.25, 0.3) is 0 Å². The van der Waals surface area contributed by atoms with Gasteiger partial charge in [-0.15, -0.1) is 0 Å². The minimum Gasteiger partial charge on any atom is -0.481 e. The number of amides is 2. The molecule has 0 spiro atoms. The molecule has 19 heavy (non-hydrogen) atoms. The number of urea groups is 1. The summed E-state index contributed by atoms with van der Waals surface area (Å²) >= 11 is 0. The fraction of sp³-hybridized carbons (Fsp3) is 0.857. The molecule has 0 aromatic rings. The highest BCUT2D eigenvalue weighted by Crippen LogP contribution is 2.30. The van der Waals surface area contributed by atoms with Gasteiger partial charge in [-0.25, -0.2) is 4.79 Å². The zero-order chi connectivity index (χ0) is 13.8. The van der Waals surface area contributed by atoms with Gasteiger partial charge >= 0.3 is 12.0 Å². The largest absolute Gasteiger partial charge is 0.481 e. The molecule has 2 aliphatic rings. The SMILES string of the molecule is CC1CCCC1CNC(=O)N1CCCC(C(=O)O)C1. The van der Waals surface area contributed by atoms with E-state index in [4.69, 9.17) is 5.11 Å². The van der Waals surface area contributed by atoms with Crippen molar-refractivity contribution in [1.29, 1.82) is 0 Å². The first-order valence-corrected chi connectivity index (χ1v) is 7.33. The van der Waals surface area contributed by atoms with E-state index in [1.807, 2.05) is 0 Å². The molecule has 0 bridgehead atoms. The summed E-state index contributed by atoms with van der Waals surface area (Å²) in [4.78, 5) is 24.7. The Hall–Kier alpha value is -1.26. The van der Waals surface area contributed by atoms with Crippen LogP contribution in [0, 0.1) is 17.8 Å². The first-order chi connectivity index (χ1) is 9.08. The molecule has 2 rings (SSSR count). The van der Waals surface area contributed by atoms with Crippen LogP contribution < -0.4 is 5.32 Å². The summed E-state index contributed by atoms with van der Waals surface area (Å²) in [6.45, 7) is 4.00. The molecular weight excluding hydrogens is 244 g/mol. The fourth-order valence-electron chi connectivity index (χ4n) is 3.22. The second kappa shape index (κ2) is 6.26. The van der Waals surface area contributed by atoms with Gasteiger partial charge in [0.1, 0.15) is 0 Å². The van der Waals surface area contributed by atoms with Crippen molar-refractivity contribution < 1.29 is 14.7 Å². The Morgan fingerprint density at radius 2 is 2.05 bits per heavy atom. The topological polar surface area (TPSA) is 69.6 Å². The van der Waals surface area contributed by atoms with Crippen molar-refractivity contribution in [1.82, 2.24) is 10.2 Å². The van der Waals surface area contributed by atoms with Crippen molar-refractivity contribution in [3.05, 3.63) is 0 Å². The number of carboxylic acids is 1. The first kappa shape index (κ1) is 14.2. The van der Waals surface area contributed by atoms with E-state index in [9.17, 15) is 9.59 Å². The van der Waals surface area contributed by atoms with E-state index in [1.165, 1.54) is 19.3 Å². The molecule has 1 heterocycles. The molecule has 1 saturated carbocycles. The molecule has 5 nitrogen and oxygen atoms in total. The minimum atomic E-state index is -0.790. The molecule has 0 radical (unpaired) electrons. The van der Waals surface area contributed by atoms with Crippen LogP contribution in [0.15, 0.2) is 0 Å². The average Bonchev–Trinajstić information content (AvgIpc) is 2.81. The van der Waals surface area contributed by atoms with Gasteiger partial charge in [-0.05, 0) is 31.1 Å². The third kappa shape index (κ3) is 3.61. The third-order valence-corrected chi connectivity index (χ3v) is 4.61. The predicted octanol–water partition coefficient (Wildman–Crippen LogP) is 1.93. The normalized spacial score (nSPS) is 31.2. The highest BCUT2D eigenvalue weighted by Gasteiger charge is 2.29. The summed E-state index contributed by atoms with van der Waals surface area (Å²) in [5.41, 5.74) is 0. The number of nitrogens with zero attached hydrogens (tertiary/aromatic N) is 1. The van der Waals surface area contributed by atoms with Crippen LogP contribution in [0.4, 0.5) is 4.79 Å². The summed E-state index contributed by atoms with van der Waals surface area (Å²) in [5.74, 6) is 0.0873. The number of rotatable bonds is 3. The third-order valence-electron chi connectivity index (χ3n) is 4.61. The van der Waals surface area contributed by atoms with Crippen molar-refractivity contribution in [2.24, 2.45) is 17.8 Å². The number of hydrogen-bond donors (Lipinski definition) is 2. The molecule has 1 aliphatic heterocycles. The fourth-order valence-corrected chi connectivity index (χ4v) is 3.22. The van der Waals surface area contributed by atoms with Gasteiger partial charge in [0.2, 0.25) is 0 Å². The monoisotopic (exact) mass is 268 g/mol. The zero-order valence-corrected chi connectivity index (χ0v) is 11.6. The average molecular weight is 268 g/mol. The summed E-state index contributed by atoms with van der Waals surface area (Å²) in [7, 11) is 0. The number of aliphatic carboxylic acids is 1. The van der Waals surface area contributed by atoms with Crippen molar-refractivity contribution in [2.75, 3.05) is 19.6 Å². The second-order valence-corrected chi connectivity index (χ2v) is 5.98. The molecule has 3 atom stereocenters. The number of nitrogens with one attached hydrogen (secondary N) is 1. The van der Waals surface area contributed by atoms with E-state index in [0.717, 1.165) is 13.0 Å². The summed E-state index contributed by atoms with van der Waals surface area (Å²) in [5, 5.41) is 12.0. The molecule has 1 aliphatic carbocycles. The van der Waals surface area contributed by atoms with E-state index in [2.05, 4.69) is 12.2 Å². The number of carbonyl (C=O) groups is 2. The van der Waals surface area contributed by atoms with E-state index in [0.29, 0.717) is 31.3 Å². The summed E-state index contributed by atoms with van der Waals surface area (Å²) < 4.78 is 0. The molecule has 2 fully saturated rings. The van der Waals surface area contributed by atoms with Crippen molar-refractivity contribution in [3.8, 4) is 0 Å². The van der Waals surface area contributed by atoms with Crippen molar-refractivity contribution in [3.63, 3.8) is 0 Å². The second-order valence-electron chi connectivity index (χ2n) is 5.98. The number of carboxylic acid groups (broad SMARTS) is 1. The Kier molecular flexibility index (Phi) is 4.66. The number of carbonyl (C=O) groups excluding carboxylic acids is 1. The zero-order valence-electron chi connectivity index (χ0n) is 11.6. The Morgan fingerprint density at radius 3 is 2.68 bits per heavy atom. The maximum Gasteiger partial charge on any atom is 0.317 e. The van der Waals surface area contributed by atoms with Crippen LogP contribution in [0.3, 0.4) is 0 Å². The Balaban J connectivity index is 1.77. The van der Waals surface area contributed by atoms with Crippen LogP contribution in [-0.4, -0.2) is 41.6 Å². The van der Waals surface area contributed by atoms with Gasteiger partial charge in [0.15, 0.2) is 0 Å². The maximum atomic E-state index is 12.1. The molecule has 108 valence electrons. The molecule has 0 aromatic carbocycles. The number of hydrogen-bond acceptors (Lipinski definition) is 2. The van der Waals surface area contributed by atoms with Crippen LogP contribution in [0.2, 0.25) is 0 Å². The summed E-state index contributed by atoms with van der Waals surface area (Å²) in [6.07, 6.45) is 5.17. The number of piperidine rings is 1. The molecule has 3 unspecified atom stereocenters. The maximum absolute atomic E-state index is 12.1. The highest BCUT2D eigenvalue weighted by atomic mass is 16.4. The van der Waals surface area contributed by atoms with Crippen LogP contribution in [0.1, 0.15) is 39.0 Å². The van der Waals surface area contributed by atoms with Crippen LogP contribution >= 0.6 is 0 Å². The summed E-state index contributed by atoms with van der Waals surface area (Å²) in [6, 6.07) is -0.0925. The minimum absolute atomic E-state index is 0.0925. The van der Waals surface area contributed by atoms with Gasteiger partial charge in [-0.2, -0.15) is 0 Å². The molecule has 1 saturated heterocycles.